The predicted octanol–water partition coefficient (Wildman–Crippen LogP) is 4.17. The monoisotopic (exact) mass is 744 g/mol. The van der Waals surface area contributed by atoms with E-state index in [0.29, 0.717) is 60.8 Å². The van der Waals surface area contributed by atoms with Crippen molar-refractivity contribution in [3.63, 3.8) is 0 Å². The summed E-state index contributed by atoms with van der Waals surface area (Å²) in [5, 5.41) is 7.53. The Morgan fingerprint density at radius 1 is 1.25 bits per heavy atom. The largest absolute Gasteiger partial charge is 0.481 e. The molecule has 1 aromatic heterocycles. The number of carbonyl (C=O) groups excluding carboxylic acids is 3. The van der Waals surface area contributed by atoms with Crippen molar-refractivity contribution in [3.05, 3.63) is 86.6 Å². The second-order valence-electron chi connectivity index (χ2n) is 15.1. The van der Waals surface area contributed by atoms with Crippen LogP contribution in [0.4, 0.5) is 0 Å². The van der Waals surface area contributed by atoms with Crippen molar-refractivity contribution < 1.29 is 28.3 Å². The summed E-state index contributed by atoms with van der Waals surface area (Å²) in [7, 11) is 5.41. The number of benzene rings is 1. The molecule has 4 aliphatic heterocycles. The lowest BCUT2D eigenvalue weighted by Crippen LogP contribution is -2.71. The maximum absolute atomic E-state index is 14.3. The minimum Gasteiger partial charge on any atom is -0.481 e. The van der Waals surface area contributed by atoms with Gasteiger partial charge >= 0.3 is 11.6 Å². The number of amides is 1. The number of hydrogen-bond acceptors (Lipinski definition) is 12. The quantitative estimate of drug-likeness (QED) is 0.103. The van der Waals surface area contributed by atoms with Gasteiger partial charge in [0.1, 0.15) is 17.6 Å². The molecule has 0 unspecified atom stereocenters. The molecule has 2 fully saturated rings. The number of rotatable bonds is 4. The van der Waals surface area contributed by atoms with Crippen LogP contribution in [0.15, 0.2) is 79.8 Å². The molecule has 0 bridgehead atoms. The first kappa shape index (κ1) is 35.1. The van der Waals surface area contributed by atoms with Gasteiger partial charge in [-0.05, 0) is 69.2 Å². The molecule has 6 aliphatic rings. The number of aldehydes is 1. The normalized spacial score (nSPS) is 34.2. The van der Waals surface area contributed by atoms with Gasteiger partial charge in [-0.2, -0.15) is 0 Å². The Kier molecular flexibility index (Phi) is 8.89. The zero-order valence-corrected chi connectivity index (χ0v) is 31.4. The molecule has 0 radical (unpaired) electrons. The Labute approximate surface area is 310 Å². The van der Waals surface area contributed by atoms with Gasteiger partial charge in [0.2, 0.25) is 5.91 Å². The predicted molar refractivity (Wildman–Crippen MR) is 201 cm³/mol. The number of nitrogens with zero attached hydrogens (tertiary/aromatic N) is 1. The van der Waals surface area contributed by atoms with E-state index < -0.39 is 28.7 Å². The van der Waals surface area contributed by atoms with E-state index in [-0.39, 0.29) is 41.5 Å². The summed E-state index contributed by atoms with van der Waals surface area (Å²) in [6.45, 7) is 6.48. The third-order valence-electron chi connectivity index (χ3n) is 12.3. The Morgan fingerprint density at radius 3 is 2.85 bits per heavy atom. The van der Waals surface area contributed by atoms with Crippen LogP contribution in [0.1, 0.15) is 45.6 Å². The standard InChI is InChI=1S/C39H44N4O7S2/c1-5-20(2)37(47)50-38(3)9-8-22-19-51-52-30-11-25(18-44)35(41-4)27-17-43(36(27)30)32(45)12-24-16-42-31(40)13-26(24)34(22)39(38)15-23-10-21-6-7-33(46)48-28(21)14-29(23)49-39/h5-8,10,13-14,18,25,27,30,34-36,41-42H,9,11-12,15-17,19,40H2,1-4H3/b20-5+/t25-,27-,30-,34+,35+,36-,38-,39-/m1/s1. The molecule has 8 rings (SSSR count). The number of ether oxygens (including phenoxy) is 2. The number of nitrogens with one attached hydrogen (secondary N) is 2. The van der Waals surface area contributed by atoms with E-state index in [1.165, 1.54) is 6.07 Å². The average molecular weight is 745 g/mol. The highest BCUT2D eigenvalue weighted by atomic mass is 33.1. The van der Waals surface area contributed by atoms with E-state index in [4.69, 9.17) is 19.6 Å². The molecule has 1 saturated carbocycles. The number of hydrogen-bond donors (Lipinski definition) is 3. The molecule has 11 nitrogen and oxygen atoms in total. The van der Waals surface area contributed by atoms with Gasteiger partial charge < -0.3 is 40.0 Å². The summed E-state index contributed by atoms with van der Waals surface area (Å²) in [6, 6.07) is 6.97. The molecule has 8 atom stereocenters. The molecule has 52 heavy (non-hydrogen) atoms. The maximum atomic E-state index is 14.3. The summed E-state index contributed by atoms with van der Waals surface area (Å²) in [6.07, 6.45) is 8.60. The third kappa shape index (κ3) is 5.53. The highest BCUT2D eigenvalue weighted by molar-refractivity contribution is 8.77. The van der Waals surface area contributed by atoms with Crippen molar-refractivity contribution >= 4 is 50.7 Å². The Morgan fingerprint density at radius 2 is 2.08 bits per heavy atom. The molecular formula is C39H44N4O7S2. The van der Waals surface area contributed by atoms with Gasteiger partial charge in [-0.3, -0.25) is 4.79 Å². The maximum Gasteiger partial charge on any atom is 0.336 e. The first-order valence-electron chi connectivity index (χ1n) is 17.9. The van der Waals surface area contributed by atoms with E-state index in [0.717, 1.165) is 34.0 Å². The van der Waals surface area contributed by atoms with Crippen molar-refractivity contribution in [1.82, 2.24) is 15.5 Å². The summed E-state index contributed by atoms with van der Waals surface area (Å²) in [5.74, 6) is 0.939. The summed E-state index contributed by atoms with van der Waals surface area (Å²) >= 11 is 0. The average Bonchev–Trinajstić information content (AvgIpc) is 3.48. The highest BCUT2D eigenvalue weighted by Gasteiger charge is 2.64. The van der Waals surface area contributed by atoms with E-state index in [1.807, 2.05) is 31.0 Å². The highest BCUT2D eigenvalue weighted by Crippen LogP contribution is 2.58. The number of dihydropyridines is 1. The second kappa shape index (κ2) is 13.2. The van der Waals surface area contributed by atoms with Crippen LogP contribution in [-0.2, 0) is 25.5 Å². The van der Waals surface area contributed by atoms with Crippen LogP contribution in [0.25, 0.3) is 11.0 Å². The smallest absolute Gasteiger partial charge is 0.336 e. The molecule has 1 spiro atoms. The zero-order valence-electron chi connectivity index (χ0n) is 29.7. The van der Waals surface area contributed by atoms with Crippen molar-refractivity contribution in [2.24, 2.45) is 23.5 Å². The van der Waals surface area contributed by atoms with E-state index in [9.17, 15) is 19.2 Å². The van der Waals surface area contributed by atoms with Crippen LogP contribution in [-0.4, -0.2) is 77.5 Å². The summed E-state index contributed by atoms with van der Waals surface area (Å²) in [5.41, 5.74) is 8.47. The third-order valence-corrected chi connectivity index (χ3v) is 15.1. The summed E-state index contributed by atoms with van der Waals surface area (Å²) in [4.78, 5) is 54.5. The van der Waals surface area contributed by atoms with Gasteiger partial charge in [-0.25, -0.2) is 9.59 Å². The van der Waals surface area contributed by atoms with Crippen LogP contribution in [0.5, 0.6) is 5.75 Å². The Bertz CT molecular complexity index is 2060. The zero-order chi connectivity index (χ0) is 36.5. The fraction of sp³-hybridized carbons (Fsp3) is 0.487. The van der Waals surface area contributed by atoms with Crippen molar-refractivity contribution in [2.45, 2.75) is 75.0 Å². The number of allylic oxidation sites excluding steroid dienone is 2. The summed E-state index contributed by atoms with van der Waals surface area (Å²) < 4.78 is 19.3. The topological polar surface area (TPSA) is 153 Å². The lowest BCUT2D eigenvalue weighted by molar-refractivity contribution is -0.186. The Balaban J connectivity index is 1.28. The lowest BCUT2D eigenvalue weighted by Gasteiger charge is -2.58. The molecule has 4 N–H and O–H groups in total. The van der Waals surface area contributed by atoms with Gasteiger partial charge in [-0.1, -0.05) is 39.3 Å². The molecule has 13 heteroatoms. The minimum absolute atomic E-state index is 0.0397. The van der Waals surface area contributed by atoms with Crippen molar-refractivity contribution in [3.8, 4) is 5.75 Å². The lowest BCUT2D eigenvalue weighted by atomic mass is 9.61. The second-order valence-corrected chi connectivity index (χ2v) is 17.7. The molecule has 1 amide bonds. The van der Waals surface area contributed by atoms with Crippen molar-refractivity contribution in [2.75, 3.05) is 25.9 Å². The van der Waals surface area contributed by atoms with Crippen LogP contribution in [0, 0.1) is 17.8 Å². The first-order valence-corrected chi connectivity index (χ1v) is 20.3. The van der Waals surface area contributed by atoms with Gasteiger partial charge in [-0.15, -0.1) is 0 Å². The van der Waals surface area contributed by atoms with Gasteiger partial charge in [0.25, 0.3) is 0 Å². The van der Waals surface area contributed by atoms with Crippen molar-refractivity contribution in [1.29, 1.82) is 0 Å². The number of nitrogens with two attached hydrogens (primary N) is 1. The van der Waals surface area contributed by atoms with E-state index in [1.54, 1.807) is 53.6 Å². The Hall–Kier alpha value is -3.94. The van der Waals surface area contributed by atoms with Crippen LogP contribution < -0.4 is 26.7 Å². The van der Waals surface area contributed by atoms with Crippen LogP contribution >= 0.6 is 21.6 Å². The van der Waals surface area contributed by atoms with Gasteiger partial charge in [0.05, 0.1) is 24.2 Å². The first-order chi connectivity index (χ1) is 25.0. The minimum atomic E-state index is -1.16. The van der Waals surface area contributed by atoms with Crippen LogP contribution in [0.2, 0.25) is 0 Å². The van der Waals surface area contributed by atoms with Gasteiger partial charge in [0, 0.05) is 77.9 Å². The van der Waals surface area contributed by atoms with E-state index in [2.05, 4.69) is 16.7 Å². The fourth-order valence-corrected chi connectivity index (χ4v) is 12.5. The fourth-order valence-electron chi connectivity index (χ4n) is 9.41. The number of esters is 1. The number of fused-ring (bicyclic) bond motifs is 5. The molecule has 274 valence electrons. The molecule has 1 saturated heterocycles. The number of carbonyl (C=O) groups is 3. The molecule has 2 aromatic rings. The SMILES string of the molecule is C/C=C(\C)C(=O)O[C@]1(C)CC=C2CSS[C@@H]3C[C@H](C=O)[C@H](NC)[C@H]4CN(C(=O)CC5=C(C=C(N)NC5)[C@H]2[C@]12Cc1cc5ccc(=O)oc5cc1O2)[C@H]43. The molecular weight excluding hydrogens is 701 g/mol. The molecule has 5 heterocycles. The molecule has 1 aromatic carbocycles. The van der Waals surface area contributed by atoms with Crippen LogP contribution in [0.3, 0.4) is 0 Å². The van der Waals surface area contributed by atoms with Gasteiger partial charge in [0.15, 0.2) is 11.2 Å². The molecule has 2 aliphatic carbocycles. The van der Waals surface area contributed by atoms with E-state index >= 15 is 0 Å².